The van der Waals surface area contributed by atoms with Crippen LogP contribution in [0.2, 0.25) is 0 Å². The van der Waals surface area contributed by atoms with E-state index in [1.165, 1.54) is 37.7 Å². The minimum atomic E-state index is -0.0283. The van der Waals surface area contributed by atoms with Crippen molar-refractivity contribution >= 4 is 6.03 Å². The molecule has 0 spiro atoms. The Balaban J connectivity index is 2.06. The zero-order chi connectivity index (χ0) is 16.7. The SMILES string of the molecule is C=C/C=C/N(Cc1ccc(C2CCCCC2)cc1)C(=O)N(C)C. The predicted molar refractivity (Wildman–Crippen MR) is 96.2 cm³/mol. The van der Waals surface area contributed by atoms with Gasteiger partial charge < -0.3 is 4.90 Å². The van der Waals surface area contributed by atoms with Crippen LogP contribution in [0.1, 0.15) is 49.1 Å². The summed E-state index contributed by atoms with van der Waals surface area (Å²) in [6.07, 6.45) is 12.0. The molecule has 0 atom stereocenters. The van der Waals surface area contributed by atoms with Crippen LogP contribution in [0.3, 0.4) is 0 Å². The summed E-state index contributed by atoms with van der Waals surface area (Å²) in [5.41, 5.74) is 2.59. The highest BCUT2D eigenvalue weighted by Crippen LogP contribution is 2.32. The highest BCUT2D eigenvalue weighted by Gasteiger charge is 2.16. The third-order valence-corrected chi connectivity index (χ3v) is 4.44. The van der Waals surface area contributed by atoms with Crippen LogP contribution in [0.25, 0.3) is 0 Å². The maximum atomic E-state index is 12.2. The van der Waals surface area contributed by atoms with Crippen molar-refractivity contribution in [3.63, 3.8) is 0 Å². The number of urea groups is 1. The standard InChI is InChI=1S/C20H28N2O/c1-4-5-15-22(20(23)21(2)3)16-17-11-13-19(14-12-17)18-9-7-6-8-10-18/h4-5,11-15,18H,1,6-10,16H2,2-3H3/b15-5+. The normalized spacial score (nSPS) is 15.6. The van der Waals surface area contributed by atoms with E-state index in [-0.39, 0.29) is 6.03 Å². The second-order valence-corrected chi connectivity index (χ2v) is 6.46. The van der Waals surface area contributed by atoms with E-state index >= 15 is 0 Å². The molecule has 1 aliphatic rings. The highest BCUT2D eigenvalue weighted by molar-refractivity contribution is 5.75. The van der Waals surface area contributed by atoms with Crippen molar-refractivity contribution in [3.05, 3.63) is 60.3 Å². The van der Waals surface area contributed by atoms with E-state index < -0.39 is 0 Å². The molecular formula is C20H28N2O. The van der Waals surface area contributed by atoms with Crippen molar-refractivity contribution in [2.24, 2.45) is 0 Å². The lowest BCUT2D eigenvalue weighted by Crippen LogP contribution is -2.35. The Morgan fingerprint density at radius 2 is 1.83 bits per heavy atom. The summed E-state index contributed by atoms with van der Waals surface area (Å²) < 4.78 is 0. The number of carbonyl (C=O) groups is 1. The lowest BCUT2D eigenvalue weighted by molar-refractivity contribution is 0.187. The van der Waals surface area contributed by atoms with Crippen LogP contribution in [-0.4, -0.2) is 29.9 Å². The van der Waals surface area contributed by atoms with E-state index in [1.54, 1.807) is 42.2 Å². The van der Waals surface area contributed by atoms with Gasteiger partial charge in [-0.15, -0.1) is 0 Å². The van der Waals surface area contributed by atoms with Gasteiger partial charge in [-0.25, -0.2) is 4.79 Å². The quantitative estimate of drug-likeness (QED) is 0.708. The molecule has 0 bridgehead atoms. The van der Waals surface area contributed by atoms with E-state index in [9.17, 15) is 4.79 Å². The van der Waals surface area contributed by atoms with Crippen molar-refractivity contribution in [1.29, 1.82) is 0 Å². The number of benzene rings is 1. The molecule has 3 nitrogen and oxygen atoms in total. The van der Waals surface area contributed by atoms with Gasteiger partial charge in [-0.3, -0.25) is 4.90 Å². The van der Waals surface area contributed by atoms with Gasteiger partial charge in [-0.2, -0.15) is 0 Å². The zero-order valence-corrected chi connectivity index (χ0v) is 14.4. The molecule has 2 amide bonds. The molecule has 0 saturated heterocycles. The van der Waals surface area contributed by atoms with Gasteiger partial charge >= 0.3 is 6.03 Å². The summed E-state index contributed by atoms with van der Waals surface area (Å²) in [7, 11) is 3.53. The van der Waals surface area contributed by atoms with Crippen molar-refractivity contribution in [2.45, 2.75) is 44.6 Å². The number of carbonyl (C=O) groups excluding carboxylic acids is 1. The maximum Gasteiger partial charge on any atom is 0.323 e. The fourth-order valence-electron chi connectivity index (χ4n) is 3.13. The summed E-state index contributed by atoms with van der Waals surface area (Å²) >= 11 is 0. The van der Waals surface area contributed by atoms with Gasteiger partial charge in [0, 0.05) is 20.3 Å². The average Bonchev–Trinajstić information content (AvgIpc) is 2.59. The first kappa shape index (κ1) is 17.3. The molecule has 2 rings (SSSR count). The number of hydrogen-bond donors (Lipinski definition) is 0. The van der Waals surface area contributed by atoms with Crippen molar-refractivity contribution in [2.75, 3.05) is 14.1 Å². The molecule has 0 aliphatic heterocycles. The fourth-order valence-corrected chi connectivity index (χ4v) is 3.13. The van der Waals surface area contributed by atoms with Crippen LogP contribution in [0.5, 0.6) is 0 Å². The van der Waals surface area contributed by atoms with Gasteiger partial charge in [0.05, 0.1) is 6.54 Å². The average molecular weight is 312 g/mol. The summed E-state index contributed by atoms with van der Waals surface area (Å²) in [5.74, 6) is 0.720. The van der Waals surface area contributed by atoms with Crippen LogP contribution in [0, 0.1) is 0 Å². The molecule has 0 unspecified atom stereocenters. The van der Waals surface area contributed by atoms with Crippen LogP contribution in [0.4, 0.5) is 4.79 Å². The number of allylic oxidation sites excluding steroid dienone is 2. The van der Waals surface area contributed by atoms with E-state index in [0.29, 0.717) is 6.54 Å². The highest BCUT2D eigenvalue weighted by atomic mass is 16.2. The van der Waals surface area contributed by atoms with Crippen molar-refractivity contribution in [3.8, 4) is 0 Å². The Labute approximate surface area is 140 Å². The fraction of sp³-hybridized carbons (Fsp3) is 0.450. The monoisotopic (exact) mass is 312 g/mol. The van der Waals surface area contributed by atoms with Gasteiger partial charge in [0.25, 0.3) is 0 Å². The topological polar surface area (TPSA) is 23.6 Å². The summed E-state index contributed by atoms with van der Waals surface area (Å²) in [4.78, 5) is 15.5. The Kier molecular flexibility index (Phi) is 6.45. The molecule has 1 aromatic carbocycles. The summed E-state index contributed by atoms with van der Waals surface area (Å²) in [6.45, 7) is 4.24. The number of rotatable bonds is 5. The third kappa shape index (κ3) is 4.98. The molecule has 0 radical (unpaired) electrons. The van der Waals surface area contributed by atoms with Gasteiger partial charge in [-0.05, 0) is 36.0 Å². The largest absolute Gasteiger partial charge is 0.330 e. The minimum Gasteiger partial charge on any atom is -0.330 e. The van der Waals surface area contributed by atoms with Crippen LogP contribution < -0.4 is 0 Å². The molecule has 0 heterocycles. The Morgan fingerprint density at radius 3 is 2.39 bits per heavy atom. The molecule has 1 saturated carbocycles. The lowest BCUT2D eigenvalue weighted by atomic mass is 9.84. The van der Waals surface area contributed by atoms with Gasteiger partial charge in [0.2, 0.25) is 0 Å². The molecule has 23 heavy (non-hydrogen) atoms. The molecule has 0 N–H and O–H groups in total. The maximum absolute atomic E-state index is 12.2. The smallest absolute Gasteiger partial charge is 0.323 e. The van der Waals surface area contributed by atoms with E-state index in [1.807, 2.05) is 0 Å². The van der Waals surface area contributed by atoms with E-state index in [2.05, 4.69) is 30.8 Å². The second-order valence-electron chi connectivity index (χ2n) is 6.46. The van der Waals surface area contributed by atoms with Gasteiger partial charge in [-0.1, -0.05) is 56.2 Å². The lowest BCUT2D eigenvalue weighted by Gasteiger charge is -2.24. The molecule has 3 heteroatoms. The predicted octanol–water partition coefficient (Wildman–Crippen LogP) is 4.92. The van der Waals surface area contributed by atoms with E-state index in [0.717, 1.165) is 11.5 Å². The summed E-state index contributed by atoms with van der Waals surface area (Å²) in [6, 6.07) is 8.75. The second kappa shape index (κ2) is 8.56. The van der Waals surface area contributed by atoms with Gasteiger partial charge in [0.1, 0.15) is 0 Å². The van der Waals surface area contributed by atoms with Crippen LogP contribution in [0.15, 0.2) is 49.2 Å². The summed E-state index contributed by atoms with van der Waals surface area (Å²) in [5, 5.41) is 0. The number of hydrogen-bond acceptors (Lipinski definition) is 1. The number of amides is 2. The Bertz CT molecular complexity index is 539. The van der Waals surface area contributed by atoms with Crippen molar-refractivity contribution < 1.29 is 4.79 Å². The Morgan fingerprint density at radius 1 is 1.17 bits per heavy atom. The zero-order valence-electron chi connectivity index (χ0n) is 14.4. The molecule has 1 aliphatic carbocycles. The molecule has 1 fully saturated rings. The van der Waals surface area contributed by atoms with Crippen LogP contribution in [-0.2, 0) is 6.54 Å². The van der Waals surface area contributed by atoms with Crippen molar-refractivity contribution in [1.82, 2.24) is 9.80 Å². The first-order valence-corrected chi connectivity index (χ1v) is 8.48. The van der Waals surface area contributed by atoms with E-state index in [4.69, 9.17) is 0 Å². The molecular weight excluding hydrogens is 284 g/mol. The first-order chi connectivity index (χ1) is 11.1. The Hall–Kier alpha value is -2.03. The first-order valence-electron chi connectivity index (χ1n) is 8.48. The third-order valence-electron chi connectivity index (χ3n) is 4.44. The minimum absolute atomic E-state index is 0.0283. The molecule has 0 aromatic heterocycles. The molecule has 1 aromatic rings. The van der Waals surface area contributed by atoms with Crippen LogP contribution >= 0.6 is 0 Å². The molecule has 124 valence electrons. The van der Waals surface area contributed by atoms with Gasteiger partial charge in [0.15, 0.2) is 0 Å². The number of nitrogens with zero attached hydrogens (tertiary/aromatic N) is 2.